The van der Waals surface area contributed by atoms with Gasteiger partial charge in [-0.1, -0.05) is 24.3 Å². The molecular formula is C24H19F7N2O. The molecule has 1 heterocycles. The van der Waals surface area contributed by atoms with Crippen LogP contribution in [-0.4, -0.2) is 24.1 Å². The number of carbonyl (C=O) groups is 1. The fraction of sp³-hybridized carbons (Fsp3) is 0.250. The molecule has 34 heavy (non-hydrogen) atoms. The van der Waals surface area contributed by atoms with Crippen LogP contribution in [0.1, 0.15) is 28.7 Å². The van der Waals surface area contributed by atoms with Crippen LogP contribution in [0.15, 0.2) is 71.9 Å². The van der Waals surface area contributed by atoms with Gasteiger partial charge in [0.05, 0.1) is 11.1 Å². The highest BCUT2D eigenvalue weighted by molar-refractivity contribution is 5.80. The summed E-state index contributed by atoms with van der Waals surface area (Å²) in [4.78, 5) is 18.1. The average molecular weight is 484 g/mol. The first-order valence-corrected chi connectivity index (χ1v) is 9.97. The summed E-state index contributed by atoms with van der Waals surface area (Å²) in [6.07, 6.45) is -2.35. The Balaban J connectivity index is 1.89. The van der Waals surface area contributed by atoms with Crippen LogP contribution in [-0.2, 0) is 29.1 Å². The molecule has 0 fully saturated rings. The second kappa shape index (κ2) is 9.44. The largest absolute Gasteiger partial charge is 0.416 e. The Morgan fingerprint density at radius 3 is 2.09 bits per heavy atom. The highest BCUT2D eigenvalue weighted by Gasteiger charge is 2.37. The van der Waals surface area contributed by atoms with Crippen molar-refractivity contribution in [1.82, 2.24) is 4.90 Å². The van der Waals surface area contributed by atoms with Crippen molar-refractivity contribution in [2.24, 2.45) is 4.99 Å². The number of halogens is 7. The molecule has 1 amide bonds. The van der Waals surface area contributed by atoms with Crippen LogP contribution in [0.5, 0.6) is 0 Å². The lowest BCUT2D eigenvalue weighted by atomic mass is 9.77. The van der Waals surface area contributed by atoms with Gasteiger partial charge in [0.2, 0.25) is 5.91 Å². The van der Waals surface area contributed by atoms with Crippen LogP contribution in [0, 0.1) is 5.82 Å². The molecule has 1 aliphatic heterocycles. The van der Waals surface area contributed by atoms with Crippen LogP contribution in [0.4, 0.5) is 30.7 Å². The Labute approximate surface area is 190 Å². The number of aliphatic imine (C=N–C) groups is 1. The van der Waals surface area contributed by atoms with Gasteiger partial charge in [0.25, 0.3) is 0 Å². The number of carbonyl (C=O) groups excluding carboxylic acids is 1. The summed E-state index contributed by atoms with van der Waals surface area (Å²) in [6, 6.07) is 6.65. The van der Waals surface area contributed by atoms with E-state index in [1.165, 1.54) is 43.7 Å². The maximum atomic E-state index is 13.4. The van der Waals surface area contributed by atoms with Crippen molar-refractivity contribution in [2.45, 2.75) is 30.7 Å². The van der Waals surface area contributed by atoms with Crippen LogP contribution >= 0.6 is 0 Å². The molecule has 0 aromatic heterocycles. The van der Waals surface area contributed by atoms with E-state index in [1.54, 1.807) is 18.2 Å². The van der Waals surface area contributed by atoms with Gasteiger partial charge in [-0.3, -0.25) is 9.79 Å². The summed E-state index contributed by atoms with van der Waals surface area (Å²) >= 11 is 0. The summed E-state index contributed by atoms with van der Waals surface area (Å²) in [6.45, 7) is -0.477. The van der Waals surface area contributed by atoms with Crippen molar-refractivity contribution in [2.75, 3.05) is 7.05 Å². The predicted molar refractivity (Wildman–Crippen MR) is 112 cm³/mol. The first kappa shape index (κ1) is 25.2. The lowest BCUT2D eigenvalue weighted by Gasteiger charge is -2.29. The Morgan fingerprint density at radius 1 is 0.941 bits per heavy atom. The number of hydrogen-bond acceptors (Lipinski definition) is 2. The van der Waals surface area contributed by atoms with Crippen LogP contribution in [0.25, 0.3) is 0 Å². The van der Waals surface area contributed by atoms with E-state index in [-0.39, 0.29) is 18.1 Å². The third-order valence-corrected chi connectivity index (χ3v) is 5.34. The van der Waals surface area contributed by atoms with E-state index in [0.717, 1.165) is 4.90 Å². The van der Waals surface area contributed by atoms with Gasteiger partial charge >= 0.3 is 12.4 Å². The van der Waals surface area contributed by atoms with Crippen LogP contribution in [0.2, 0.25) is 0 Å². The van der Waals surface area contributed by atoms with E-state index in [4.69, 9.17) is 0 Å². The van der Waals surface area contributed by atoms with Gasteiger partial charge in [-0.15, -0.1) is 0 Å². The Morgan fingerprint density at radius 2 is 1.53 bits per heavy atom. The molecule has 180 valence electrons. The minimum atomic E-state index is -4.98. The second-order valence-electron chi connectivity index (χ2n) is 7.86. The fourth-order valence-corrected chi connectivity index (χ4v) is 3.58. The molecule has 1 atom stereocenters. The minimum absolute atomic E-state index is 0.0377. The van der Waals surface area contributed by atoms with Crippen LogP contribution in [0.3, 0.4) is 0 Å². The molecular weight excluding hydrogens is 465 g/mol. The van der Waals surface area contributed by atoms with Gasteiger partial charge in [0.15, 0.2) is 0 Å². The van der Waals surface area contributed by atoms with Crippen molar-refractivity contribution in [3.8, 4) is 0 Å². The molecule has 1 aliphatic rings. The third-order valence-electron chi connectivity index (χ3n) is 5.34. The molecule has 0 radical (unpaired) electrons. The lowest BCUT2D eigenvalue weighted by molar-refractivity contribution is -0.143. The molecule has 2 aromatic carbocycles. The van der Waals surface area contributed by atoms with Crippen molar-refractivity contribution in [3.05, 3.63) is 95.0 Å². The number of allylic oxidation sites excluding steroid dienone is 3. The zero-order valence-corrected chi connectivity index (χ0v) is 17.8. The fourth-order valence-electron chi connectivity index (χ4n) is 3.58. The smallest absolute Gasteiger partial charge is 0.341 e. The summed E-state index contributed by atoms with van der Waals surface area (Å²) in [5.74, 6) is -1.03. The maximum absolute atomic E-state index is 13.4. The topological polar surface area (TPSA) is 32.7 Å². The summed E-state index contributed by atoms with van der Waals surface area (Å²) in [5, 5.41) is 0. The second-order valence-corrected chi connectivity index (χ2v) is 7.86. The Hall–Kier alpha value is -3.43. The highest BCUT2D eigenvalue weighted by Crippen LogP contribution is 2.37. The van der Waals surface area contributed by atoms with Gasteiger partial charge in [0.1, 0.15) is 5.82 Å². The first-order valence-electron chi connectivity index (χ1n) is 9.97. The quantitative estimate of drug-likeness (QED) is 0.459. The number of rotatable bonds is 5. The van der Waals surface area contributed by atoms with Gasteiger partial charge in [-0.05, 0) is 47.5 Å². The van der Waals surface area contributed by atoms with Crippen molar-refractivity contribution in [3.63, 3.8) is 0 Å². The molecule has 1 unspecified atom stereocenters. The summed E-state index contributed by atoms with van der Waals surface area (Å²) < 4.78 is 92.3. The summed E-state index contributed by atoms with van der Waals surface area (Å²) in [7, 11) is 1.29. The molecule has 0 bridgehead atoms. The van der Waals surface area contributed by atoms with Crippen molar-refractivity contribution in [1.29, 1.82) is 0 Å². The predicted octanol–water partition coefficient (Wildman–Crippen LogP) is 6.30. The standard InChI is InChI=1S/C24H19F7N2O/c1-33(15-16-11-18(23(26,27)28)13-19(12-16)24(29,30)31)21(34)14-22(7-2-9-32-10-8-22)17-3-5-20(25)6-4-17/h2-13H,14-15H2,1H3. The number of benzene rings is 2. The molecule has 0 aliphatic carbocycles. The van der Waals surface area contributed by atoms with Gasteiger partial charge in [0, 0.05) is 37.8 Å². The SMILES string of the molecule is CN(Cc1cc(C(F)(F)F)cc(C(F)(F)F)c1)C(=O)CC1(c2ccc(F)cc2)C=CC=NC=C1. The van der Waals surface area contributed by atoms with Gasteiger partial charge in [-0.2, -0.15) is 26.3 Å². The molecule has 0 saturated heterocycles. The molecule has 0 N–H and O–H groups in total. The summed E-state index contributed by atoms with van der Waals surface area (Å²) in [5.41, 5.74) is -3.70. The van der Waals surface area contributed by atoms with E-state index >= 15 is 0 Å². The molecule has 0 saturated carbocycles. The van der Waals surface area contributed by atoms with Gasteiger partial charge in [-0.25, -0.2) is 4.39 Å². The maximum Gasteiger partial charge on any atom is 0.416 e. The number of nitrogens with zero attached hydrogens (tertiary/aromatic N) is 2. The number of alkyl halides is 6. The van der Waals surface area contributed by atoms with Crippen LogP contribution < -0.4 is 0 Å². The van der Waals surface area contributed by atoms with E-state index in [1.807, 2.05) is 0 Å². The van der Waals surface area contributed by atoms with Gasteiger partial charge < -0.3 is 4.90 Å². The van der Waals surface area contributed by atoms with E-state index in [2.05, 4.69) is 4.99 Å². The Kier molecular flexibility index (Phi) is 6.99. The number of hydrogen-bond donors (Lipinski definition) is 0. The minimum Gasteiger partial charge on any atom is -0.341 e. The van der Waals surface area contributed by atoms with Crippen molar-refractivity contribution >= 4 is 12.1 Å². The third kappa shape index (κ3) is 5.92. The molecule has 3 nitrogen and oxygen atoms in total. The molecule has 2 aromatic rings. The molecule has 3 rings (SSSR count). The zero-order chi connectivity index (χ0) is 25.1. The zero-order valence-electron chi connectivity index (χ0n) is 17.8. The average Bonchev–Trinajstić information content (AvgIpc) is 2.99. The van der Waals surface area contributed by atoms with E-state index < -0.39 is 47.2 Å². The normalized spacial score (nSPS) is 18.1. The Bertz CT molecular complexity index is 1080. The molecule has 0 spiro atoms. The monoisotopic (exact) mass is 484 g/mol. The first-order chi connectivity index (χ1) is 15.8. The molecule has 10 heteroatoms. The number of amides is 1. The van der Waals surface area contributed by atoms with E-state index in [0.29, 0.717) is 17.7 Å². The highest BCUT2D eigenvalue weighted by atomic mass is 19.4. The lowest BCUT2D eigenvalue weighted by Crippen LogP contribution is -2.34. The van der Waals surface area contributed by atoms with E-state index in [9.17, 15) is 35.5 Å². The van der Waals surface area contributed by atoms with Crippen molar-refractivity contribution < 1.29 is 35.5 Å².